The van der Waals surface area contributed by atoms with Crippen molar-refractivity contribution in [3.8, 4) is 5.75 Å². The fourth-order valence-electron chi connectivity index (χ4n) is 1.99. The van der Waals surface area contributed by atoms with Crippen molar-refractivity contribution in [3.05, 3.63) is 29.8 Å². The molecule has 6 heteroatoms. The monoisotopic (exact) mass is 301 g/mol. The molecule has 0 aromatic heterocycles. The Labute approximate surface area is 126 Å². The first-order valence-electron chi connectivity index (χ1n) is 6.53. The van der Waals surface area contributed by atoms with Crippen LogP contribution < -0.4 is 21.1 Å². The van der Waals surface area contributed by atoms with Crippen LogP contribution in [-0.4, -0.2) is 39.2 Å². The minimum absolute atomic E-state index is 0. The van der Waals surface area contributed by atoms with E-state index in [4.69, 9.17) is 4.74 Å². The van der Waals surface area contributed by atoms with Gasteiger partial charge in [0.2, 0.25) is 0 Å². The first kappa shape index (κ1) is 18.7. The Morgan fingerprint density at radius 2 is 2.00 bits per heavy atom. The highest BCUT2D eigenvalue weighted by Crippen LogP contribution is 2.11. The van der Waals surface area contributed by atoms with Crippen LogP contribution in [0.5, 0.6) is 5.75 Å². The van der Waals surface area contributed by atoms with Gasteiger partial charge in [0.1, 0.15) is 5.75 Å². The van der Waals surface area contributed by atoms with Gasteiger partial charge in [-0.05, 0) is 50.7 Å². The molecule has 0 aliphatic carbocycles. The molecule has 5 nitrogen and oxygen atoms in total. The first-order valence-corrected chi connectivity index (χ1v) is 6.53. The molecule has 1 aromatic carbocycles. The van der Waals surface area contributed by atoms with Crippen molar-refractivity contribution in [1.82, 2.24) is 10.6 Å². The Balaban J connectivity index is 0.00000115. The summed E-state index contributed by atoms with van der Waals surface area (Å²) in [5.41, 5.74) is 5.18. The minimum Gasteiger partial charge on any atom is -0.497 e. The van der Waals surface area contributed by atoms with Gasteiger partial charge in [-0.15, -0.1) is 12.4 Å². The van der Waals surface area contributed by atoms with Crippen LogP contribution in [0.3, 0.4) is 0 Å². The topological polar surface area (TPSA) is 76.4 Å². The number of nitrogens with one attached hydrogen (secondary N) is 2. The number of nitrogens with two attached hydrogens (primary N) is 1. The van der Waals surface area contributed by atoms with Gasteiger partial charge in [0.05, 0.1) is 7.11 Å². The van der Waals surface area contributed by atoms with E-state index >= 15 is 0 Å². The van der Waals surface area contributed by atoms with Crippen LogP contribution in [-0.2, 0) is 0 Å². The molecule has 2 rings (SSSR count). The standard InChI is InChI=1S/C13H18N2O2.CH5N.ClH/c1-17-12-6-4-10(5-7-12)13(16)15-11-3-2-8-14-9-11;1-2;/h4-7,11,14H,2-3,8-9H2,1H3,(H,15,16);2H2,1H3;1H. The molecule has 114 valence electrons. The molecule has 0 radical (unpaired) electrons. The maximum Gasteiger partial charge on any atom is 0.251 e. The third kappa shape index (κ3) is 5.77. The molecule has 1 aliphatic rings. The van der Waals surface area contributed by atoms with Gasteiger partial charge in [0, 0.05) is 18.2 Å². The Bertz CT molecular complexity index is 379. The molecule has 1 aromatic rings. The summed E-state index contributed by atoms with van der Waals surface area (Å²) in [7, 11) is 3.11. The van der Waals surface area contributed by atoms with Crippen molar-refractivity contribution in [2.75, 3.05) is 27.2 Å². The maximum atomic E-state index is 11.9. The van der Waals surface area contributed by atoms with E-state index in [-0.39, 0.29) is 24.4 Å². The van der Waals surface area contributed by atoms with E-state index in [1.165, 1.54) is 7.05 Å². The highest BCUT2D eigenvalue weighted by atomic mass is 35.5. The van der Waals surface area contributed by atoms with E-state index in [1.54, 1.807) is 31.4 Å². The lowest BCUT2D eigenvalue weighted by molar-refractivity contribution is 0.0930. The second kappa shape index (κ2) is 10.5. The molecule has 1 aliphatic heterocycles. The lowest BCUT2D eigenvalue weighted by Gasteiger charge is -2.23. The first-order chi connectivity index (χ1) is 9.29. The van der Waals surface area contributed by atoms with Gasteiger partial charge in [-0.1, -0.05) is 0 Å². The quantitative estimate of drug-likeness (QED) is 0.783. The fraction of sp³-hybridized carbons (Fsp3) is 0.500. The number of carbonyl (C=O) groups excluding carboxylic acids is 1. The number of piperidine rings is 1. The van der Waals surface area contributed by atoms with Crippen LogP contribution >= 0.6 is 12.4 Å². The largest absolute Gasteiger partial charge is 0.497 e. The summed E-state index contributed by atoms with van der Waals surface area (Å²) in [5.74, 6) is 0.752. The van der Waals surface area contributed by atoms with Crippen molar-refractivity contribution in [2.45, 2.75) is 18.9 Å². The number of hydrogen-bond acceptors (Lipinski definition) is 4. The number of benzene rings is 1. The molecule has 1 fully saturated rings. The summed E-state index contributed by atoms with van der Waals surface area (Å²) in [6.07, 6.45) is 2.17. The zero-order chi connectivity index (χ0) is 14.1. The zero-order valence-corrected chi connectivity index (χ0v) is 12.8. The highest BCUT2D eigenvalue weighted by molar-refractivity contribution is 5.94. The van der Waals surface area contributed by atoms with Crippen LogP contribution in [0, 0.1) is 0 Å². The summed E-state index contributed by atoms with van der Waals surface area (Å²) in [6, 6.07) is 7.41. The summed E-state index contributed by atoms with van der Waals surface area (Å²) >= 11 is 0. The van der Waals surface area contributed by atoms with Crippen LogP contribution in [0.25, 0.3) is 0 Å². The van der Waals surface area contributed by atoms with E-state index in [0.29, 0.717) is 5.56 Å². The zero-order valence-electron chi connectivity index (χ0n) is 12.0. The smallest absolute Gasteiger partial charge is 0.251 e. The van der Waals surface area contributed by atoms with Crippen LogP contribution in [0.4, 0.5) is 0 Å². The number of hydrogen-bond donors (Lipinski definition) is 3. The second-order valence-electron chi connectivity index (χ2n) is 4.25. The van der Waals surface area contributed by atoms with Gasteiger partial charge in [0.25, 0.3) is 5.91 Å². The molecule has 1 saturated heterocycles. The Kier molecular flexibility index (Phi) is 9.80. The summed E-state index contributed by atoms with van der Waals surface area (Å²) < 4.78 is 5.06. The third-order valence-corrected chi connectivity index (χ3v) is 2.98. The third-order valence-electron chi connectivity index (χ3n) is 2.98. The van der Waals surface area contributed by atoms with Crippen LogP contribution in [0.1, 0.15) is 23.2 Å². The molecule has 0 spiro atoms. The molecule has 0 bridgehead atoms. The fourth-order valence-corrected chi connectivity index (χ4v) is 1.99. The number of amides is 1. The maximum absolute atomic E-state index is 11.9. The molecular formula is C14H24ClN3O2. The number of ether oxygens (including phenoxy) is 1. The Morgan fingerprint density at radius 1 is 1.35 bits per heavy atom. The second-order valence-corrected chi connectivity index (χ2v) is 4.25. The molecule has 1 heterocycles. The Hall–Kier alpha value is -1.30. The van der Waals surface area contributed by atoms with Crippen LogP contribution in [0.2, 0.25) is 0 Å². The summed E-state index contributed by atoms with van der Waals surface area (Å²) in [5, 5.41) is 6.31. The van der Waals surface area contributed by atoms with Crippen LogP contribution in [0.15, 0.2) is 24.3 Å². The van der Waals surface area contributed by atoms with Crippen molar-refractivity contribution >= 4 is 18.3 Å². The average molecular weight is 302 g/mol. The molecular weight excluding hydrogens is 278 g/mol. The van der Waals surface area contributed by atoms with Gasteiger partial charge in [0.15, 0.2) is 0 Å². The van der Waals surface area contributed by atoms with Gasteiger partial charge in [-0.25, -0.2) is 0 Å². The molecule has 20 heavy (non-hydrogen) atoms. The average Bonchev–Trinajstić information content (AvgIpc) is 2.50. The minimum atomic E-state index is -0.0126. The number of halogens is 1. The lowest BCUT2D eigenvalue weighted by Crippen LogP contribution is -2.45. The predicted molar refractivity (Wildman–Crippen MR) is 83.7 cm³/mol. The SMILES string of the molecule is CN.COc1ccc(C(=O)NC2CCCNC2)cc1.Cl. The normalized spacial score (nSPS) is 17.1. The lowest BCUT2D eigenvalue weighted by atomic mass is 10.1. The molecule has 4 N–H and O–H groups in total. The van der Waals surface area contributed by atoms with Crippen molar-refractivity contribution in [2.24, 2.45) is 5.73 Å². The van der Waals surface area contributed by atoms with E-state index in [2.05, 4.69) is 16.4 Å². The van der Waals surface area contributed by atoms with Gasteiger partial charge in [-0.3, -0.25) is 4.79 Å². The molecule has 0 saturated carbocycles. The molecule has 1 amide bonds. The summed E-state index contributed by atoms with van der Waals surface area (Å²) in [4.78, 5) is 11.9. The van der Waals surface area contributed by atoms with E-state index < -0.39 is 0 Å². The predicted octanol–water partition coefficient (Wildman–Crippen LogP) is 1.17. The van der Waals surface area contributed by atoms with E-state index in [9.17, 15) is 4.79 Å². The van der Waals surface area contributed by atoms with Gasteiger partial charge in [-0.2, -0.15) is 0 Å². The van der Waals surface area contributed by atoms with E-state index in [0.717, 1.165) is 31.7 Å². The molecule has 1 atom stereocenters. The number of rotatable bonds is 3. The number of methoxy groups -OCH3 is 1. The number of carbonyl (C=O) groups is 1. The van der Waals surface area contributed by atoms with Crippen molar-refractivity contribution in [1.29, 1.82) is 0 Å². The highest BCUT2D eigenvalue weighted by Gasteiger charge is 2.16. The Morgan fingerprint density at radius 3 is 2.50 bits per heavy atom. The van der Waals surface area contributed by atoms with Crippen molar-refractivity contribution in [3.63, 3.8) is 0 Å². The van der Waals surface area contributed by atoms with E-state index in [1.807, 2.05) is 0 Å². The van der Waals surface area contributed by atoms with Gasteiger partial charge >= 0.3 is 0 Å². The van der Waals surface area contributed by atoms with Gasteiger partial charge < -0.3 is 21.1 Å². The molecule has 1 unspecified atom stereocenters. The van der Waals surface area contributed by atoms with Crippen molar-refractivity contribution < 1.29 is 9.53 Å². The summed E-state index contributed by atoms with van der Waals surface area (Å²) in [6.45, 7) is 1.91.